The first-order valence-electron chi connectivity index (χ1n) is 9.16. The highest BCUT2D eigenvalue weighted by Gasteiger charge is 2.14. The third kappa shape index (κ3) is 5.07. The van der Waals surface area contributed by atoms with Crippen molar-refractivity contribution in [1.29, 1.82) is 0 Å². The number of aromatic nitrogens is 3. The third-order valence-electron chi connectivity index (χ3n) is 4.08. The molecule has 0 unspecified atom stereocenters. The molecule has 0 aliphatic heterocycles. The fourth-order valence-corrected chi connectivity index (χ4v) is 2.81. The van der Waals surface area contributed by atoms with Crippen molar-refractivity contribution < 1.29 is 14.3 Å². The number of ether oxygens (including phenoxy) is 2. The quantitative estimate of drug-likeness (QED) is 0.420. The van der Waals surface area contributed by atoms with Gasteiger partial charge in [-0.05, 0) is 36.6 Å². The lowest BCUT2D eigenvalue weighted by atomic mass is 10.1. The molecule has 6 heteroatoms. The molecule has 0 spiro atoms. The number of carbonyl (C=O) groups is 1. The molecule has 3 rings (SSSR count). The van der Waals surface area contributed by atoms with E-state index >= 15 is 0 Å². The number of carbonyl (C=O) groups excluding carboxylic acids is 1. The second kappa shape index (κ2) is 9.50. The zero-order chi connectivity index (χ0) is 19.8. The lowest BCUT2D eigenvalue weighted by Crippen LogP contribution is -2.15. The molecule has 0 aliphatic rings. The van der Waals surface area contributed by atoms with Crippen LogP contribution in [-0.2, 0) is 22.5 Å². The second-order valence-electron chi connectivity index (χ2n) is 6.20. The molecule has 1 aromatic heterocycles. The summed E-state index contributed by atoms with van der Waals surface area (Å²) in [6.45, 7) is 6.34. The number of hydrogen-bond donors (Lipinski definition) is 0. The number of allylic oxidation sites excluding steroid dienone is 1. The third-order valence-corrected chi connectivity index (χ3v) is 4.08. The van der Waals surface area contributed by atoms with Crippen molar-refractivity contribution in [3.63, 3.8) is 0 Å². The maximum absolute atomic E-state index is 11.6. The minimum atomic E-state index is -0.406. The van der Waals surface area contributed by atoms with Gasteiger partial charge in [0.15, 0.2) is 6.61 Å². The zero-order valence-corrected chi connectivity index (χ0v) is 15.9. The molecule has 0 atom stereocenters. The molecular weight excluding hydrogens is 354 g/mol. The minimum Gasteiger partial charge on any atom is -0.481 e. The maximum atomic E-state index is 11.6. The van der Waals surface area contributed by atoms with Crippen LogP contribution in [0.3, 0.4) is 0 Å². The van der Waals surface area contributed by atoms with Gasteiger partial charge in [-0.2, -0.15) is 0 Å². The molecule has 1 heterocycles. The molecule has 0 aliphatic carbocycles. The molecule has 28 heavy (non-hydrogen) atoms. The Bertz CT molecular complexity index is 935. The monoisotopic (exact) mass is 377 g/mol. The Morgan fingerprint density at radius 3 is 2.75 bits per heavy atom. The Morgan fingerprint density at radius 1 is 1.18 bits per heavy atom. The van der Waals surface area contributed by atoms with Gasteiger partial charge in [-0.1, -0.05) is 47.7 Å². The molecule has 0 saturated carbocycles. The van der Waals surface area contributed by atoms with Gasteiger partial charge < -0.3 is 9.47 Å². The molecule has 0 N–H and O–H groups in total. The Morgan fingerprint density at radius 2 is 2.00 bits per heavy atom. The minimum absolute atomic E-state index is 0.153. The van der Waals surface area contributed by atoms with E-state index in [0.29, 0.717) is 24.6 Å². The molecule has 0 fully saturated rings. The van der Waals surface area contributed by atoms with Crippen LogP contribution in [0.15, 0.2) is 67.4 Å². The predicted molar refractivity (Wildman–Crippen MR) is 107 cm³/mol. The van der Waals surface area contributed by atoms with E-state index in [-0.39, 0.29) is 6.61 Å². The van der Waals surface area contributed by atoms with Gasteiger partial charge in [-0.15, -0.1) is 11.7 Å². The summed E-state index contributed by atoms with van der Waals surface area (Å²) >= 11 is 0. The van der Waals surface area contributed by atoms with E-state index in [4.69, 9.17) is 9.47 Å². The van der Waals surface area contributed by atoms with Gasteiger partial charge in [0.25, 0.3) is 0 Å². The van der Waals surface area contributed by atoms with E-state index in [1.54, 1.807) is 11.6 Å². The second-order valence-corrected chi connectivity index (χ2v) is 6.20. The van der Waals surface area contributed by atoms with Crippen molar-refractivity contribution in [1.82, 2.24) is 15.0 Å². The van der Waals surface area contributed by atoms with Crippen LogP contribution < -0.4 is 4.74 Å². The first-order valence-corrected chi connectivity index (χ1v) is 9.16. The van der Waals surface area contributed by atoms with Crippen molar-refractivity contribution >= 4 is 5.97 Å². The van der Waals surface area contributed by atoms with E-state index < -0.39 is 5.97 Å². The van der Waals surface area contributed by atoms with Crippen LogP contribution in [0, 0.1) is 0 Å². The van der Waals surface area contributed by atoms with Crippen LogP contribution in [0.2, 0.25) is 0 Å². The van der Waals surface area contributed by atoms with Crippen LogP contribution in [0.25, 0.3) is 11.3 Å². The van der Waals surface area contributed by atoms with Crippen LogP contribution in [0.4, 0.5) is 0 Å². The fourth-order valence-electron chi connectivity index (χ4n) is 2.81. The molecule has 0 saturated heterocycles. The first kappa shape index (κ1) is 19.4. The van der Waals surface area contributed by atoms with E-state index in [1.165, 1.54) is 0 Å². The Labute approximate surface area is 164 Å². The van der Waals surface area contributed by atoms with Gasteiger partial charge in [-0.3, -0.25) is 0 Å². The summed E-state index contributed by atoms with van der Waals surface area (Å²) in [5.41, 5.74) is 3.67. The molecule has 3 aromatic rings. The van der Waals surface area contributed by atoms with Crippen molar-refractivity contribution in [2.24, 2.45) is 0 Å². The van der Waals surface area contributed by atoms with Crippen LogP contribution in [0.1, 0.15) is 18.1 Å². The maximum Gasteiger partial charge on any atom is 0.344 e. The predicted octanol–water partition coefficient (Wildman–Crippen LogP) is 3.66. The zero-order valence-electron chi connectivity index (χ0n) is 15.9. The number of benzene rings is 2. The van der Waals surface area contributed by atoms with E-state index in [2.05, 4.69) is 16.9 Å². The summed E-state index contributed by atoms with van der Waals surface area (Å²) in [5, 5.41) is 8.53. The lowest BCUT2D eigenvalue weighted by Gasteiger charge is -2.11. The number of rotatable bonds is 9. The highest BCUT2D eigenvalue weighted by Crippen LogP contribution is 2.30. The average molecular weight is 377 g/mol. The Kier molecular flexibility index (Phi) is 6.57. The Balaban J connectivity index is 1.84. The summed E-state index contributed by atoms with van der Waals surface area (Å²) in [4.78, 5) is 11.6. The summed E-state index contributed by atoms with van der Waals surface area (Å²) in [6.07, 6.45) is 4.44. The molecule has 6 nitrogen and oxygen atoms in total. The van der Waals surface area contributed by atoms with Crippen molar-refractivity contribution in [2.75, 3.05) is 13.2 Å². The van der Waals surface area contributed by atoms with Crippen LogP contribution in [0.5, 0.6) is 5.75 Å². The van der Waals surface area contributed by atoms with Crippen LogP contribution in [-0.4, -0.2) is 34.2 Å². The average Bonchev–Trinajstić information content (AvgIpc) is 3.16. The summed E-state index contributed by atoms with van der Waals surface area (Å²) < 4.78 is 12.4. The summed E-state index contributed by atoms with van der Waals surface area (Å²) in [5.74, 6) is 0.156. The van der Waals surface area contributed by atoms with Gasteiger partial charge in [0, 0.05) is 5.56 Å². The van der Waals surface area contributed by atoms with Gasteiger partial charge in [0.2, 0.25) is 0 Å². The highest BCUT2D eigenvalue weighted by atomic mass is 16.6. The SMILES string of the molecule is C=CCc1ccc(OCC(=O)OCC)c(-c2cn(Cc3ccccc3)nn2)c1. The number of esters is 1. The smallest absolute Gasteiger partial charge is 0.344 e. The Hall–Kier alpha value is -3.41. The van der Waals surface area contributed by atoms with Crippen molar-refractivity contribution in [3.05, 3.63) is 78.5 Å². The molecular formula is C22H23N3O3. The first-order chi connectivity index (χ1) is 13.7. The largest absolute Gasteiger partial charge is 0.481 e. The lowest BCUT2D eigenvalue weighted by molar-refractivity contribution is -0.145. The standard InChI is InChI=1S/C22H23N3O3/c1-3-8-17-11-12-21(28-16-22(26)27-4-2)19(13-17)20-15-25(24-23-20)14-18-9-6-5-7-10-18/h3,5-7,9-13,15H,1,4,8,14,16H2,2H3. The van der Waals surface area contributed by atoms with E-state index in [1.807, 2.05) is 60.8 Å². The van der Waals surface area contributed by atoms with Crippen molar-refractivity contribution in [2.45, 2.75) is 19.9 Å². The summed E-state index contributed by atoms with van der Waals surface area (Å²) in [6, 6.07) is 15.8. The van der Waals surface area contributed by atoms with Gasteiger partial charge >= 0.3 is 5.97 Å². The summed E-state index contributed by atoms with van der Waals surface area (Å²) in [7, 11) is 0. The molecule has 0 amide bonds. The molecule has 0 bridgehead atoms. The van der Waals surface area contributed by atoms with E-state index in [9.17, 15) is 4.79 Å². The normalized spacial score (nSPS) is 10.5. The van der Waals surface area contributed by atoms with Crippen LogP contribution >= 0.6 is 0 Å². The highest BCUT2D eigenvalue weighted by molar-refractivity contribution is 5.72. The van der Waals surface area contributed by atoms with E-state index in [0.717, 1.165) is 23.1 Å². The van der Waals surface area contributed by atoms with Gasteiger partial charge in [0.05, 0.1) is 19.3 Å². The topological polar surface area (TPSA) is 66.2 Å². The van der Waals surface area contributed by atoms with Crippen molar-refractivity contribution in [3.8, 4) is 17.0 Å². The number of nitrogens with zero attached hydrogens (tertiary/aromatic N) is 3. The molecule has 2 aromatic carbocycles. The molecule has 0 radical (unpaired) electrons. The van der Waals surface area contributed by atoms with Gasteiger partial charge in [0.1, 0.15) is 11.4 Å². The fraction of sp³-hybridized carbons (Fsp3) is 0.227. The molecule has 144 valence electrons. The number of hydrogen-bond acceptors (Lipinski definition) is 5. The van der Waals surface area contributed by atoms with Gasteiger partial charge in [-0.25, -0.2) is 9.48 Å².